The van der Waals surface area contributed by atoms with E-state index in [9.17, 15) is 28.3 Å². The van der Waals surface area contributed by atoms with Crippen molar-refractivity contribution in [2.75, 3.05) is 70.9 Å². The van der Waals surface area contributed by atoms with Crippen LogP contribution < -0.4 is 10.7 Å². The van der Waals surface area contributed by atoms with Gasteiger partial charge in [-0.1, -0.05) is 12.1 Å². The molecule has 0 radical (unpaired) electrons. The van der Waals surface area contributed by atoms with Crippen molar-refractivity contribution in [1.29, 1.82) is 0 Å². The van der Waals surface area contributed by atoms with E-state index in [2.05, 4.69) is 28.4 Å². The summed E-state index contributed by atoms with van der Waals surface area (Å²) in [6.07, 6.45) is 1.36. The van der Waals surface area contributed by atoms with E-state index in [1.807, 2.05) is 4.90 Å². The number of hydrogen-bond acceptors (Lipinski definition) is 10. The lowest BCUT2D eigenvalue weighted by atomic mass is 10.0. The molecule has 12 nitrogen and oxygen atoms in total. The maximum absolute atomic E-state index is 14.9. The lowest BCUT2D eigenvalue weighted by molar-refractivity contribution is -0.151. The second-order valence-corrected chi connectivity index (χ2v) is 11.5. The molecule has 45 heavy (non-hydrogen) atoms. The van der Waals surface area contributed by atoms with Gasteiger partial charge in [0.1, 0.15) is 17.6 Å². The highest BCUT2D eigenvalue weighted by Gasteiger charge is 2.36. The summed E-state index contributed by atoms with van der Waals surface area (Å²) < 4.78 is 29.7. The first-order valence-corrected chi connectivity index (χ1v) is 15.0. The number of aromatic nitrogens is 1. The first-order chi connectivity index (χ1) is 21.5. The lowest BCUT2D eigenvalue weighted by Gasteiger charge is -2.48. The maximum atomic E-state index is 14.9. The molecule has 3 heterocycles. The second kappa shape index (κ2) is 15.3. The van der Waals surface area contributed by atoms with Crippen LogP contribution in [0, 0.1) is 11.6 Å². The number of imide groups is 1. The average Bonchev–Trinajstić information content (AvgIpc) is 2.98. The number of carbonyl (C=O) groups is 3. The van der Waals surface area contributed by atoms with Crippen LogP contribution in [0.2, 0.25) is 0 Å². The molecule has 3 amide bonds. The Morgan fingerprint density at radius 1 is 1.16 bits per heavy atom. The van der Waals surface area contributed by atoms with E-state index in [0.29, 0.717) is 29.7 Å². The van der Waals surface area contributed by atoms with Crippen molar-refractivity contribution in [1.82, 2.24) is 29.6 Å². The third kappa shape index (κ3) is 8.39. The molecule has 2 saturated heterocycles. The van der Waals surface area contributed by atoms with Gasteiger partial charge in [-0.15, -0.1) is 6.58 Å². The monoisotopic (exact) mass is 628 g/mol. The van der Waals surface area contributed by atoms with Gasteiger partial charge in [0.2, 0.25) is 18.2 Å². The first kappa shape index (κ1) is 33.9. The Morgan fingerprint density at radius 2 is 1.87 bits per heavy atom. The SMILES string of the molecule is C=CCN(N)CC(=O)N(C=O)[C@@H](Cc1ccc(O)cc1F)C(=O)N(CC)Cc1ccc(F)c(N2CC(N3CCN(C)CC3)C2)n1. The zero-order chi connectivity index (χ0) is 32.7. The van der Waals surface area contributed by atoms with Gasteiger partial charge in [-0.2, -0.15) is 0 Å². The van der Waals surface area contributed by atoms with Gasteiger partial charge < -0.3 is 19.8 Å². The molecule has 0 saturated carbocycles. The molecule has 0 aliphatic carbocycles. The van der Waals surface area contributed by atoms with Gasteiger partial charge in [0.05, 0.1) is 18.8 Å². The van der Waals surface area contributed by atoms with Gasteiger partial charge in [0.15, 0.2) is 11.6 Å². The van der Waals surface area contributed by atoms with E-state index >= 15 is 0 Å². The maximum Gasteiger partial charge on any atom is 0.246 e. The van der Waals surface area contributed by atoms with E-state index in [1.165, 1.54) is 35.2 Å². The molecule has 2 aliphatic heterocycles. The minimum Gasteiger partial charge on any atom is -0.508 e. The highest BCUT2D eigenvalue weighted by atomic mass is 19.1. The predicted octanol–water partition coefficient (Wildman–Crippen LogP) is 0.808. The number of nitrogens with zero attached hydrogens (tertiary/aromatic N) is 7. The molecule has 14 heteroatoms. The van der Waals surface area contributed by atoms with Crippen molar-refractivity contribution in [3.8, 4) is 5.75 Å². The number of phenols is 1. The number of nitrogens with two attached hydrogens (primary N) is 1. The van der Waals surface area contributed by atoms with Gasteiger partial charge in [0.25, 0.3) is 0 Å². The fourth-order valence-electron chi connectivity index (χ4n) is 5.59. The number of rotatable bonds is 14. The van der Waals surface area contributed by atoms with Gasteiger partial charge in [-0.25, -0.2) is 18.8 Å². The fraction of sp³-hybridized carbons (Fsp3) is 0.484. The molecule has 244 valence electrons. The largest absolute Gasteiger partial charge is 0.508 e. The summed E-state index contributed by atoms with van der Waals surface area (Å²) in [5, 5.41) is 10.8. The number of halogens is 2. The topological polar surface area (TPSA) is 130 Å². The average molecular weight is 629 g/mol. The van der Waals surface area contributed by atoms with Crippen LogP contribution in [0.3, 0.4) is 0 Å². The van der Waals surface area contributed by atoms with Crippen LogP contribution in [-0.2, 0) is 27.3 Å². The molecule has 1 aromatic heterocycles. The summed E-state index contributed by atoms with van der Waals surface area (Å²) in [5.41, 5.74) is 0.440. The highest BCUT2D eigenvalue weighted by Crippen LogP contribution is 2.26. The highest BCUT2D eigenvalue weighted by molar-refractivity contribution is 5.95. The van der Waals surface area contributed by atoms with Crippen molar-refractivity contribution in [2.24, 2.45) is 5.84 Å². The minimum absolute atomic E-state index is 0.0208. The minimum atomic E-state index is -1.43. The number of hydrazine groups is 1. The standard InChI is InChI=1S/C31H42F2N8O4/c1-4-10-40(34)20-29(44)41(21-42)28(15-22-6-8-25(43)16-27(22)33)31(45)37(5-2)17-23-7-9-26(32)30(35-23)39-18-24(19-39)38-13-11-36(3)12-14-38/h4,6-9,16,21,24,28,43H,1,5,10-15,17-20,34H2,2-3H3/t28-/m0/s1. The first-order valence-electron chi connectivity index (χ1n) is 15.0. The molecular formula is C31H42F2N8O4. The molecule has 0 unspecified atom stereocenters. The van der Waals surface area contributed by atoms with Crippen molar-refractivity contribution < 1.29 is 28.3 Å². The molecule has 0 bridgehead atoms. The quantitative estimate of drug-likeness (QED) is 0.134. The van der Waals surface area contributed by atoms with E-state index in [0.717, 1.165) is 37.3 Å². The molecule has 2 fully saturated rings. The van der Waals surface area contributed by atoms with Crippen LogP contribution in [-0.4, -0.2) is 131 Å². The second-order valence-electron chi connectivity index (χ2n) is 11.5. The third-order valence-electron chi connectivity index (χ3n) is 8.32. The number of anilines is 1. The van der Waals surface area contributed by atoms with Crippen molar-refractivity contribution >= 4 is 24.0 Å². The van der Waals surface area contributed by atoms with Crippen LogP contribution in [0.25, 0.3) is 0 Å². The summed E-state index contributed by atoms with van der Waals surface area (Å²) >= 11 is 0. The number of pyridine rings is 1. The molecule has 2 aliphatic rings. The number of likely N-dealkylation sites (N-methyl/N-ethyl adjacent to an activating group) is 2. The number of hydrogen-bond donors (Lipinski definition) is 2. The van der Waals surface area contributed by atoms with E-state index < -0.39 is 36.0 Å². The van der Waals surface area contributed by atoms with Crippen LogP contribution in [0.15, 0.2) is 43.0 Å². The Balaban J connectivity index is 1.53. The summed E-state index contributed by atoms with van der Waals surface area (Å²) in [5.74, 6) is 3.06. The Hall–Kier alpha value is -3.98. The number of aromatic hydroxyl groups is 1. The van der Waals surface area contributed by atoms with Crippen molar-refractivity contribution in [2.45, 2.75) is 32.0 Å². The summed E-state index contributed by atoms with van der Waals surface area (Å²) in [6.45, 7) is 10.4. The predicted molar refractivity (Wildman–Crippen MR) is 165 cm³/mol. The van der Waals surface area contributed by atoms with Crippen LogP contribution in [0.4, 0.5) is 14.6 Å². The molecular weight excluding hydrogens is 586 g/mol. The number of carbonyl (C=O) groups excluding carboxylic acids is 3. The van der Waals surface area contributed by atoms with Crippen LogP contribution in [0.1, 0.15) is 18.2 Å². The Bertz CT molecular complexity index is 1370. The number of amides is 3. The third-order valence-corrected chi connectivity index (χ3v) is 8.32. The summed E-state index contributed by atoms with van der Waals surface area (Å²) in [6, 6.07) is 5.14. The summed E-state index contributed by atoms with van der Waals surface area (Å²) in [4.78, 5) is 52.6. The molecule has 1 atom stereocenters. The molecule has 0 spiro atoms. The van der Waals surface area contributed by atoms with Gasteiger partial charge >= 0.3 is 0 Å². The smallest absolute Gasteiger partial charge is 0.246 e. The van der Waals surface area contributed by atoms with Gasteiger partial charge in [-0.05, 0) is 37.7 Å². The van der Waals surface area contributed by atoms with E-state index in [4.69, 9.17) is 5.84 Å². The molecule has 2 aromatic rings. The number of benzene rings is 1. The van der Waals surface area contributed by atoms with E-state index in [1.54, 1.807) is 6.92 Å². The zero-order valence-corrected chi connectivity index (χ0v) is 25.8. The number of piperazine rings is 1. The Kier molecular flexibility index (Phi) is 11.6. The van der Waals surface area contributed by atoms with E-state index in [-0.39, 0.29) is 49.6 Å². The van der Waals surface area contributed by atoms with Crippen molar-refractivity contribution in [3.05, 3.63) is 65.9 Å². The van der Waals surface area contributed by atoms with Crippen LogP contribution in [0.5, 0.6) is 5.75 Å². The van der Waals surface area contributed by atoms with Gasteiger partial charge in [-0.3, -0.25) is 30.0 Å². The lowest BCUT2D eigenvalue weighted by Crippen LogP contribution is -2.63. The summed E-state index contributed by atoms with van der Waals surface area (Å²) in [7, 11) is 2.10. The zero-order valence-electron chi connectivity index (χ0n) is 25.8. The fourth-order valence-corrected chi connectivity index (χ4v) is 5.59. The molecule has 3 N–H and O–H groups in total. The number of phenolic OH excluding ortho intramolecular Hbond substituents is 1. The normalized spacial score (nSPS) is 16.7. The Morgan fingerprint density at radius 3 is 2.49 bits per heavy atom. The Labute approximate surface area is 262 Å². The van der Waals surface area contributed by atoms with Gasteiger partial charge in [0, 0.05) is 70.9 Å². The molecule has 4 rings (SSSR count). The van der Waals surface area contributed by atoms with Crippen LogP contribution >= 0.6 is 0 Å². The molecule has 1 aromatic carbocycles. The van der Waals surface area contributed by atoms with Crippen molar-refractivity contribution in [3.63, 3.8) is 0 Å².